The highest BCUT2D eigenvalue weighted by Crippen LogP contribution is 2.07. The molecule has 0 aromatic heterocycles. The molecule has 0 bridgehead atoms. The van der Waals surface area contributed by atoms with Crippen molar-refractivity contribution in [3.63, 3.8) is 0 Å². The molecular weight excluding hydrogens is 268 g/mol. The van der Waals surface area contributed by atoms with Crippen molar-refractivity contribution in [3.05, 3.63) is 60.7 Å². The van der Waals surface area contributed by atoms with Crippen LogP contribution < -0.4 is 15.3 Å². The van der Waals surface area contributed by atoms with E-state index in [1.807, 2.05) is 24.3 Å². The Kier molecular flexibility index (Phi) is 6.91. The van der Waals surface area contributed by atoms with Crippen molar-refractivity contribution in [2.45, 2.75) is 6.54 Å². The van der Waals surface area contributed by atoms with Crippen LogP contribution in [0.5, 0.6) is 0 Å². The fourth-order valence-electron chi connectivity index (χ4n) is 2.05. The van der Waals surface area contributed by atoms with E-state index in [9.17, 15) is 14.7 Å². The fraction of sp³-hybridized carbons (Fsp3) is 0.250. The van der Waals surface area contributed by atoms with Gasteiger partial charge in [0, 0.05) is 11.1 Å². The maximum absolute atomic E-state index is 12.0. The van der Waals surface area contributed by atoms with Gasteiger partial charge in [0.15, 0.2) is 0 Å². The lowest BCUT2D eigenvalue weighted by molar-refractivity contribution is -0.902. The molecule has 0 heterocycles. The molecule has 5 heteroatoms. The summed E-state index contributed by atoms with van der Waals surface area (Å²) < 4.78 is 0. The predicted octanol–water partition coefficient (Wildman–Crippen LogP) is -1.08. The number of quaternary nitrogens is 1. The van der Waals surface area contributed by atoms with Crippen molar-refractivity contribution >= 4 is 11.9 Å². The number of aliphatic carboxylic acids is 1. The second-order valence-corrected chi connectivity index (χ2v) is 4.62. The van der Waals surface area contributed by atoms with E-state index in [1.54, 1.807) is 12.1 Å². The Bertz CT molecular complexity index is 516. The standard InChI is InChI=1S/C16H20N2O3/c1-3-9-18(10-4-2)12-13-7-5-6-8-14(13)16(21)17-11-15(19)20/h3-8H,1-2,9-12H2,(H,17,21)(H,19,20). The number of carboxylic acid groups (broad SMARTS) is 1. The molecule has 0 aliphatic carbocycles. The molecular formula is C16H20N2O3. The summed E-state index contributed by atoms with van der Waals surface area (Å²) in [5, 5.41) is 12.7. The quantitative estimate of drug-likeness (QED) is 0.568. The van der Waals surface area contributed by atoms with Crippen LogP contribution in [0, 0.1) is 0 Å². The van der Waals surface area contributed by atoms with Crippen molar-refractivity contribution in [1.29, 1.82) is 0 Å². The number of carboxylic acids is 1. The summed E-state index contributed by atoms with van der Waals surface area (Å²) in [6, 6.07) is 7.14. The maximum Gasteiger partial charge on any atom is 0.252 e. The molecule has 5 nitrogen and oxygen atoms in total. The van der Waals surface area contributed by atoms with Gasteiger partial charge in [-0.25, -0.2) is 0 Å². The van der Waals surface area contributed by atoms with Gasteiger partial charge in [-0.05, 0) is 18.2 Å². The first-order chi connectivity index (χ1) is 10.1. The topological polar surface area (TPSA) is 73.7 Å². The number of amides is 1. The highest BCUT2D eigenvalue weighted by atomic mass is 16.4. The molecule has 1 rings (SSSR count). The molecule has 1 amide bonds. The minimum absolute atomic E-state index is 0.411. The van der Waals surface area contributed by atoms with E-state index in [0.717, 1.165) is 18.7 Å². The summed E-state index contributed by atoms with van der Waals surface area (Å²) in [7, 11) is 0. The predicted molar refractivity (Wildman–Crippen MR) is 78.6 cm³/mol. The number of rotatable bonds is 9. The minimum Gasteiger partial charge on any atom is -0.548 e. The van der Waals surface area contributed by atoms with Gasteiger partial charge in [-0.3, -0.25) is 4.79 Å². The summed E-state index contributed by atoms with van der Waals surface area (Å²) in [5.74, 6) is -1.72. The van der Waals surface area contributed by atoms with Crippen LogP contribution in [0.15, 0.2) is 49.6 Å². The third-order valence-electron chi connectivity index (χ3n) is 2.96. The fourth-order valence-corrected chi connectivity index (χ4v) is 2.05. The molecule has 112 valence electrons. The molecule has 1 aromatic carbocycles. The first kappa shape index (κ1) is 16.7. The van der Waals surface area contributed by atoms with Crippen LogP contribution in [0.3, 0.4) is 0 Å². The summed E-state index contributed by atoms with van der Waals surface area (Å²) in [5.41, 5.74) is 1.33. The first-order valence-corrected chi connectivity index (χ1v) is 6.69. The SMILES string of the molecule is C=CC[NH+](CC=C)Cc1ccccc1C(=O)NCC(=O)[O-]. The molecule has 0 fully saturated rings. The molecule has 0 unspecified atom stereocenters. The first-order valence-electron chi connectivity index (χ1n) is 6.69. The minimum atomic E-state index is -1.31. The molecule has 1 aromatic rings. The van der Waals surface area contributed by atoms with Gasteiger partial charge in [-0.15, -0.1) is 0 Å². The van der Waals surface area contributed by atoms with E-state index in [1.165, 1.54) is 4.90 Å². The molecule has 0 aliphatic heterocycles. The van der Waals surface area contributed by atoms with E-state index in [4.69, 9.17) is 0 Å². The Hall–Kier alpha value is -2.40. The number of hydrogen-bond donors (Lipinski definition) is 2. The Morgan fingerprint density at radius 1 is 1.19 bits per heavy atom. The Balaban J connectivity index is 2.86. The van der Waals surface area contributed by atoms with Crippen molar-refractivity contribution < 1.29 is 19.6 Å². The average molecular weight is 288 g/mol. The van der Waals surface area contributed by atoms with E-state index in [2.05, 4.69) is 18.5 Å². The molecule has 0 saturated carbocycles. The molecule has 21 heavy (non-hydrogen) atoms. The van der Waals surface area contributed by atoms with Gasteiger partial charge in [0.1, 0.15) is 6.54 Å². The Morgan fingerprint density at radius 2 is 1.81 bits per heavy atom. The molecule has 0 radical (unpaired) electrons. The van der Waals surface area contributed by atoms with Gasteiger partial charge >= 0.3 is 0 Å². The summed E-state index contributed by atoms with van der Waals surface area (Å²) >= 11 is 0. The summed E-state index contributed by atoms with van der Waals surface area (Å²) in [4.78, 5) is 23.6. The van der Waals surface area contributed by atoms with Crippen LogP contribution >= 0.6 is 0 Å². The molecule has 2 N–H and O–H groups in total. The Labute approximate surface area is 124 Å². The van der Waals surface area contributed by atoms with Crippen LogP contribution in [-0.4, -0.2) is 31.5 Å². The van der Waals surface area contributed by atoms with Crippen LogP contribution in [0.1, 0.15) is 15.9 Å². The lowest BCUT2D eigenvalue weighted by Gasteiger charge is -2.18. The van der Waals surface area contributed by atoms with Gasteiger partial charge in [0.25, 0.3) is 5.91 Å². The molecule has 0 aliphatic rings. The van der Waals surface area contributed by atoms with E-state index in [0.29, 0.717) is 12.1 Å². The highest BCUT2D eigenvalue weighted by Gasteiger charge is 2.14. The van der Waals surface area contributed by atoms with Crippen LogP contribution in [0.4, 0.5) is 0 Å². The van der Waals surface area contributed by atoms with E-state index < -0.39 is 18.4 Å². The van der Waals surface area contributed by atoms with Crippen molar-refractivity contribution in [2.75, 3.05) is 19.6 Å². The third kappa shape index (κ3) is 5.62. The van der Waals surface area contributed by atoms with Crippen LogP contribution in [0.2, 0.25) is 0 Å². The average Bonchev–Trinajstić information content (AvgIpc) is 2.46. The number of carbonyl (C=O) groups excluding carboxylic acids is 2. The van der Waals surface area contributed by atoms with Gasteiger partial charge in [0.05, 0.1) is 25.6 Å². The molecule has 0 atom stereocenters. The summed E-state index contributed by atoms with van der Waals surface area (Å²) in [6.45, 7) is 9.09. The largest absolute Gasteiger partial charge is 0.548 e. The maximum atomic E-state index is 12.0. The highest BCUT2D eigenvalue weighted by molar-refractivity contribution is 5.96. The summed E-state index contributed by atoms with van der Waals surface area (Å²) in [6.07, 6.45) is 3.63. The van der Waals surface area contributed by atoms with Crippen molar-refractivity contribution in [3.8, 4) is 0 Å². The molecule has 0 spiro atoms. The van der Waals surface area contributed by atoms with Gasteiger partial charge < -0.3 is 20.1 Å². The zero-order chi connectivity index (χ0) is 15.7. The monoisotopic (exact) mass is 288 g/mol. The van der Waals surface area contributed by atoms with E-state index in [-0.39, 0.29) is 0 Å². The number of carbonyl (C=O) groups is 2. The molecule has 0 saturated heterocycles. The lowest BCUT2D eigenvalue weighted by Crippen LogP contribution is -3.10. The van der Waals surface area contributed by atoms with E-state index >= 15 is 0 Å². The zero-order valence-corrected chi connectivity index (χ0v) is 11.9. The van der Waals surface area contributed by atoms with Gasteiger partial charge in [-0.1, -0.05) is 31.4 Å². The Morgan fingerprint density at radius 3 is 2.38 bits per heavy atom. The second-order valence-electron chi connectivity index (χ2n) is 4.62. The van der Waals surface area contributed by atoms with Crippen molar-refractivity contribution in [2.24, 2.45) is 0 Å². The smallest absolute Gasteiger partial charge is 0.252 e. The zero-order valence-electron chi connectivity index (χ0n) is 11.9. The van der Waals surface area contributed by atoms with Crippen LogP contribution in [0.25, 0.3) is 0 Å². The number of nitrogens with one attached hydrogen (secondary N) is 2. The lowest BCUT2D eigenvalue weighted by atomic mass is 10.1. The second kappa shape index (κ2) is 8.71. The number of benzene rings is 1. The number of hydrogen-bond acceptors (Lipinski definition) is 3. The van der Waals surface area contributed by atoms with Gasteiger partial charge in [0.2, 0.25) is 0 Å². The van der Waals surface area contributed by atoms with Crippen LogP contribution in [-0.2, 0) is 11.3 Å². The van der Waals surface area contributed by atoms with Crippen molar-refractivity contribution in [1.82, 2.24) is 5.32 Å². The normalized spacial score (nSPS) is 10.1. The third-order valence-corrected chi connectivity index (χ3v) is 2.96. The van der Waals surface area contributed by atoms with Gasteiger partial charge in [-0.2, -0.15) is 0 Å².